The molecule has 0 radical (unpaired) electrons. The zero-order valence-electron chi connectivity index (χ0n) is 9.81. The summed E-state index contributed by atoms with van der Waals surface area (Å²) in [5, 5.41) is 2.99. The Morgan fingerprint density at radius 1 is 0.944 bits per heavy atom. The van der Waals surface area contributed by atoms with Gasteiger partial charge in [0.25, 0.3) is 0 Å². The minimum absolute atomic E-state index is 0.323. The molecule has 94 valence electrons. The molecular formula is C14H12F3N. The molecule has 0 aliphatic heterocycles. The quantitative estimate of drug-likeness (QED) is 0.823. The maximum absolute atomic E-state index is 13.1. The van der Waals surface area contributed by atoms with Crippen molar-refractivity contribution in [3.8, 4) is 11.1 Å². The summed E-state index contributed by atoms with van der Waals surface area (Å²) in [6, 6.07) is 9.22. The van der Waals surface area contributed by atoms with E-state index in [4.69, 9.17) is 0 Å². The van der Waals surface area contributed by atoms with Crippen LogP contribution in [0.5, 0.6) is 0 Å². The molecular weight excluding hydrogens is 239 g/mol. The number of nitrogens with one attached hydrogen (secondary N) is 1. The first-order valence-electron chi connectivity index (χ1n) is 5.50. The molecule has 0 amide bonds. The van der Waals surface area contributed by atoms with Crippen molar-refractivity contribution in [1.82, 2.24) is 5.32 Å². The molecule has 2 aromatic carbocycles. The number of rotatable bonds is 3. The van der Waals surface area contributed by atoms with Gasteiger partial charge >= 0.3 is 0 Å². The van der Waals surface area contributed by atoms with Gasteiger partial charge in [-0.25, -0.2) is 13.2 Å². The molecule has 0 aliphatic rings. The molecule has 4 heteroatoms. The number of halogens is 3. The maximum Gasteiger partial charge on any atom is 0.194 e. The standard InChI is InChI=1S/C14H12F3N/c1-18-8-9-3-2-4-10(5-9)11-6-12(15)14(17)13(16)7-11/h2-7,18H,8H2,1H3. The van der Waals surface area contributed by atoms with E-state index in [1.54, 1.807) is 12.1 Å². The highest BCUT2D eigenvalue weighted by Gasteiger charge is 2.11. The van der Waals surface area contributed by atoms with Crippen molar-refractivity contribution >= 4 is 0 Å². The van der Waals surface area contributed by atoms with E-state index in [0.29, 0.717) is 17.7 Å². The first-order valence-corrected chi connectivity index (χ1v) is 5.50. The van der Waals surface area contributed by atoms with Crippen molar-refractivity contribution < 1.29 is 13.2 Å². The SMILES string of the molecule is CNCc1cccc(-c2cc(F)c(F)c(F)c2)c1. The highest BCUT2D eigenvalue weighted by Crippen LogP contribution is 2.24. The molecule has 0 unspecified atom stereocenters. The normalized spacial score (nSPS) is 10.7. The fourth-order valence-corrected chi connectivity index (χ4v) is 1.79. The van der Waals surface area contributed by atoms with Crippen molar-refractivity contribution in [2.75, 3.05) is 7.05 Å². The van der Waals surface area contributed by atoms with E-state index in [0.717, 1.165) is 17.7 Å². The molecule has 0 fully saturated rings. The summed E-state index contributed by atoms with van der Waals surface area (Å²) in [6.07, 6.45) is 0. The average Bonchev–Trinajstić information content (AvgIpc) is 2.36. The van der Waals surface area contributed by atoms with Crippen LogP contribution in [-0.2, 0) is 6.54 Å². The Bertz CT molecular complexity index is 544. The van der Waals surface area contributed by atoms with Crippen LogP contribution in [0.4, 0.5) is 13.2 Å². The summed E-state index contributed by atoms with van der Waals surface area (Å²) in [6.45, 7) is 0.653. The summed E-state index contributed by atoms with van der Waals surface area (Å²) in [5.41, 5.74) is 1.96. The van der Waals surface area contributed by atoms with Crippen LogP contribution in [0.25, 0.3) is 11.1 Å². The molecule has 0 atom stereocenters. The van der Waals surface area contributed by atoms with Gasteiger partial charge in [-0.05, 0) is 41.9 Å². The third-order valence-corrected chi connectivity index (χ3v) is 2.63. The smallest absolute Gasteiger partial charge is 0.194 e. The number of hydrogen-bond donors (Lipinski definition) is 1. The first kappa shape index (κ1) is 12.6. The topological polar surface area (TPSA) is 12.0 Å². The van der Waals surface area contributed by atoms with Gasteiger partial charge in [-0.2, -0.15) is 0 Å². The van der Waals surface area contributed by atoms with Crippen molar-refractivity contribution in [3.63, 3.8) is 0 Å². The molecule has 0 aliphatic carbocycles. The van der Waals surface area contributed by atoms with Crippen LogP contribution in [0.1, 0.15) is 5.56 Å². The molecule has 0 saturated heterocycles. The summed E-state index contributed by atoms with van der Waals surface area (Å²) in [5.74, 6) is -3.79. The summed E-state index contributed by atoms with van der Waals surface area (Å²) < 4.78 is 39.2. The van der Waals surface area contributed by atoms with Crippen LogP contribution in [0.2, 0.25) is 0 Å². The van der Waals surface area contributed by atoms with E-state index in [1.807, 2.05) is 19.2 Å². The van der Waals surface area contributed by atoms with E-state index < -0.39 is 17.5 Å². The third-order valence-electron chi connectivity index (χ3n) is 2.63. The van der Waals surface area contributed by atoms with Gasteiger partial charge in [-0.15, -0.1) is 0 Å². The first-order chi connectivity index (χ1) is 8.61. The second-order valence-corrected chi connectivity index (χ2v) is 3.98. The lowest BCUT2D eigenvalue weighted by Crippen LogP contribution is -2.04. The van der Waals surface area contributed by atoms with Crippen molar-refractivity contribution in [2.45, 2.75) is 6.54 Å². The van der Waals surface area contributed by atoms with Gasteiger partial charge in [0.2, 0.25) is 0 Å². The van der Waals surface area contributed by atoms with E-state index >= 15 is 0 Å². The Kier molecular flexibility index (Phi) is 3.67. The molecule has 18 heavy (non-hydrogen) atoms. The van der Waals surface area contributed by atoms with Crippen LogP contribution in [-0.4, -0.2) is 7.05 Å². The molecule has 0 aromatic heterocycles. The second kappa shape index (κ2) is 5.23. The zero-order chi connectivity index (χ0) is 13.1. The van der Waals surface area contributed by atoms with E-state index in [2.05, 4.69) is 5.32 Å². The van der Waals surface area contributed by atoms with E-state index in [-0.39, 0.29) is 0 Å². The minimum atomic E-state index is -1.44. The van der Waals surface area contributed by atoms with Crippen LogP contribution in [0.15, 0.2) is 36.4 Å². The molecule has 0 bridgehead atoms. The maximum atomic E-state index is 13.1. The summed E-state index contributed by atoms with van der Waals surface area (Å²) in [4.78, 5) is 0. The lowest BCUT2D eigenvalue weighted by Gasteiger charge is -2.06. The number of benzene rings is 2. The van der Waals surface area contributed by atoms with Crippen LogP contribution in [0.3, 0.4) is 0 Å². The largest absolute Gasteiger partial charge is 0.316 e. The van der Waals surface area contributed by atoms with Crippen molar-refractivity contribution in [1.29, 1.82) is 0 Å². The molecule has 0 heterocycles. The van der Waals surface area contributed by atoms with Gasteiger partial charge in [0.1, 0.15) is 0 Å². The van der Waals surface area contributed by atoms with Gasteiger partial charge in [-0.1, -0.05) is 18.2 Å². The Balaban J connectivity index is 2.45. The Hall–Kier alpha value is -1.81. The number of hydrogen-bond acceptors (Lipinski definition) is 1. The highest BCUT2D eigenvalue weighted by molar-refractivity contribution is 5.64. The molecule has 0 saturated carbocycles. The predicted molar refractivity (Wildman–Crippen MR) is 64.5 cm³/mol. The Morgan fingerprint density at radius 3 is 2.22 bits per heavy atom. The zero-order valence-corrected chi connectivity index (χ0v) is 9.81. The van der Waals surface area contributed by atoms with Crippen molar-refractivity contribution in [3.05, 3.63) is 59.4 Å². The Labute approximate surface area is 103 Å². The van der Waals surface area contributed by atoms with Gasteiger partial charge in [0, 0.05) is 6.54 Å². The molecule has 0 spiro atoms. The minimum Gasteiger partial charge on any atom is -0.316 e. The lowest BCUT2D eigenvalue weighted by atomic mass is 10.0. The van der Waals surface area contributed by atoms with Crippen molar-refractivity contribution in [2.24, 2.45) is 0 Å². The second-order valence-electron chi connectivity index (χ2n) is 3.98. The molecule has 1 nitrogen and oxygen atoms in total. The molecule has 2 rings (SSSR count). The van der Waals surface area contributed by atoms with Crippen LogP contribution < -0.4 is 5.32 Å². The average molecular weight is 251 g/mol. The van der Waals surface area contributed by atoms with Gasteiger partial charge < -0.3 is 5.32 Å². The Morgan fingerprint density at radius 2 is 1.61 bits per heavy atom. The van der Waals surface area contributed by atoms with Gasteiger partial charge in [-0.3, -0.25) is 0 Å². The molecule has 1 N–H and O–H groups in total. The predicted octanol–water partition coefficient (Wildman–Crippen LogP) is 3.49. The monoisotopic (exact) mass is 251 g/mol. The molecule has 2 aromatic rings. The van der Waals surface area contributed by atoms with Crippen LogP contribution in [0, 0.1) is 17.5 Å². The lowest BCUT2D eigenvalue weighted by molar-refractivity contribution is 0.447. The van der Waals surface area contributed by atoms with E-state index in [1.165, 1.54) is 0 Å². The van der Waals surface area contributed by atoms with Crippen LogP contribution >= 0.6 is 0 Å². The van der Waals surface area contributed by atoms with Gasteiger partial charge in [0.05, 0.1) is 0 Å². The highest BCUT2D eigenvalue weighted by atomic mass is 19.2. The fraction of sp³-hybridized carbons (Fsp3) is 0.143. The third kappa shape index (κ3) is 2.54. The fourth-order valence-electron chi connectivity index (χ4n) is 1.79. The summed E-state index contributed by atoms with van der Waals surface area (Å²) in [7, 11) is 1.81. The summed E-state index contributed by atoms with van der Waals surface area (Å²) >= 11 is 0. The van der Waals surface area contributed by atoms with E-state index in [9.17, 15) is 13.2 Å². The van der Waals surface area contributed by atoms with Gasteiger partial charge in [0.15, 0.2) is 17.5 Å².